The van der Waals surface area contributed by atoms with Gasteiger partial charge < -0.3 is 20.7 Å². The van der Waals surface area contributed by atoms with Crippen molar-refractivity contribution in [2.24, 2.45) is 0 Å². The van der Waals surface area contributed by atoms with E-state index in [1.165, 1.54) is 0 Å². The molecular formula is C19H26ClN5O3. The fraction of sp³-hybridized carbons (Fsp3) is 0.421. The summed E-state index contributed by atoms with van der Waals surface area (Å²) in [5, 5.41) is 13.1. The van der Waals surface area contributed by atoms with Crippen molar-refractivity contribution in [3.63, 3.8) is 0 Å². The molecule has 1 aliphatic rings. The number of hydrogen-bond acceptors (Lipinski definition) is 5. The summed E-state index contributed by atoms with van der Waals surface area (Å²) < 4.78 is 7.08. The van der Waals surface area contributed by atoms with E-state index < -0.39 is 5.54 Å². The Bertz CT molecular complexity index is 758. The maximum Gasteiger partial charge on any atom is 0.248 e. The predicted octanol–water partition coefficient (Wildman–Crippen LogP) is 1.54. The lowest BCUT2D eigenvalue weighted by Gasteiger charge is -2.36. The summed E-state index contributed by atoms with van der Waals surface area (Å²) in [6, 6.07) is 8.92. The first-order valence-electron chi connectivity index (χ1n) is 9.16. The highest BCUT2D eigenvalue weighted by Gasteiger charge is 2.41. The summed E-state index contributed by atoms with van der Waals surface area (Å²) in [6.07, 6.45) is 4.71. The van der Waals surface area contributed by atoms with Gasteiger partial charge >= 0.3 is 0 Å². The fourth-order valence-electron chi connectivity index (χ4n) is 3.25. The number of carbonyl (C=O) groups is 2. The molecule has 2 amide bonds. The number of nitrogens with one attached hydrogen (secondary N) is 3. The van der Waals surface area contributed by atoms with Gasteiger partial charge in [-0.1, -0.05) is 0 Å². The molecule has 8 nitrogen and oxygen atoms in total. The van der Waals surface area contributed by atoms with Crippen molar-refractivity contribution in [2.75, 3.05) is 31.6 Å². The molecule has 2 heterocycles. The van der Waals surface area contributed by atoms with Crippen LogP contribution >= 0.6 is 12.4 Å². The van der Waals surface area contributed by atoms with E-state index in [0.717, 1.165) is 18.8 Å². The van der Waals surface area contributed by atoms with E-state index in [1.54, 1.807) is 47.4 Å². The second-order valence-corrected chi connectivity index (χ2v) is 6.42. The number of rotatable bonds is 7. The van der Waals surface area contributed by atoms with Gasteiger partial charge in [-0.2, -0.15) is 5.10 Å². The van der Waals surface area contributed by atoms with Gasteiger partial charge in [0.25, 0.3) is 0 Å². The summed E-state index contributed by atoms with van der Waals surface area (Å²) in [6.45, 7) is 3.86. The standard InChI is InChI=1S/C19H25N5O3.ClH/c1-2-27-16-6-4-15(5-7-16)23-17(25)14-21-18(26)19(8-11-20-12-9-19)24-13-3-10-22-24;/h3-7,10,13,20H,2,8-9,11-12,14H2,1H3,(H,21,26)(H,23,25);1H. The van der Waals surface area contributed by atoms with Crippen molar-refractivity contribution in [3.05, 3.63) is 42.7 Å². The van der Waals surface area contributed by atoms with Gasteiger partial charge in [0.05, 0.1) is 13.2 Å². The molecule has 1 saturated heterocycles. The second-order valence-electron chi connectivity index (χ2n) is 6.42. The Hall–Kier alpha value is -2.58. The fourth-order valence-corrected chi connectivity index (χ4v) is 3.25. The van der Waals surface area contributed by atoms with E-state index in [2.05, 4.69) is 21.0 Å². The number of halogens is 1. The van der Waals surface area contributed by atoms with Crippen LogP contribution in [-0.2, 0) is 15.1 Å². The molecular weight excluding hydrogens is 382 g/mol. The van der Waals surface area contributed by atoms with Crippen molar-refractivity contribution in [1.29, 1.82) is 0 Å². The topological polar surface area (TPSA) is 97.3 Å². The highest BCUT2D eigenvalue weighted by atomic mass is 35.5. The smallest absolute Gasteiger partial charge is 0.248 e. The summed E-state index contributed by atoms with van der Waals surface area (Å²) in [4.78, 5) is 25.1. The lowest BCUT2D eigenvalue weighted by Crippen LogP contribution is -2.55. The van der Waals surface area contributed by atoms with Crippen LogP contribution in [0.15, 0.2) is 42.7 Å². The first kappa shape index (κ1) is 21.7. The zero-order valence-electron chi connectivity index (χ0n) is 15.8. The summed E-state index contributed by atoms with van der Waals surface area (Å²) >= 11 is 0. The molecule has 1 aromatic heterocycles. The molecule has 1 fully saturated rings. The molecule has 3 N–H and O–H groups in total. The third kappa shape index (κ3) is 5.02. The zero-order chi connectivity index (χ0) is 19.1. The van der Waals surface area contributed by atoms with E-state index in [0.29, 0.717) is 25.1 Å². The number of aromatic nitrogens is 2. The van der Waals surface area contributed by atoms with Crippen molar-refractivity contribution in [3.8, 4) is 5.75 Å². The lowest BCUT2D eigenvalue weighted by atomic mass is 9.87. The number of ether oxygens (including phenoxy) is 1. The molecule has 3 rings (SSSR count). The summed E-state index contributed by atoms with van der Waals surface area (Å²) in [7, 11) is 0. The molecule has 1 aromatic carbocycles. The van der Waals surface area contributed by atoms with Crippen LogP contribution in [0, 0.1) is 0 Å². The van der Waals surface area contributed by atoms with Crippen molar-refractivity contribution in [2.45, 2.75) is 25.3 Å². The quantitative estimate of drug-likeness (QED) is 0.646. The minimum atomic E-state index is -0.756. The van der Waals surface area contributed by atoms with Crippen molar-refractivity contribution >= 4 is 29.9 Å². The SMILES string of the molecule is CCOc1ccc(NC(=O)CNC(=O)C2(n3cccn3)CCNCC2)cc1.Cl. The second kappa shape index (κ2) is 10.1. The first-order valence-corrected chi connectivity index (χ1v) is 9.16. The normalized spacial score (nSPS) is 15.2. The Morgan fingerprint density at radius 2 is 1.96 bits per heavy atom. The van der Waals surface area contributed by atoms with E-state index in [1.807, 2.05) is 6.92 Å². The Labute approximate surface area is 170 Å². The van der Waals surface area contributed by atoms with E-state index in [-0.39, 0.29) is 30.8 Å². The molecule has 2 aromatic rings. The van der Waals surface area contributed by atoms with Crippen LogP contribution in [-0.4, -0.2) is 47.8 Å². The number of anilines is 1. The molecule has 1 aliphatic heterocycles. The molecule has 0 saturated carbocycles. The van der Waals surface area contributed by atoms with Gasteiger partial charge in [-0.05, 0) is 63.2 Å². The van der Waals surface area contributed by atoms with Crippen LogP contribution in [0.5, 0.6) is 5.75 Å². The van der Waals surface area contributed by atoms with Gasteiger partial charge in [0.2, 0.25) is 11.8 Å². The molecule has 152 valence electrons. The average molecular weight is 408 g/mol. The van der Waals surface area contributed by atoms with E-state index >= 15 is 0 Å². The molecule has 0 atom stereocenters. The number of carbonyl (C=O) groups excluding carboxylic acids is 2. The molecule has 0 radical (unpaired) electrons. The Morgan fingerprint density at radius 3 is 2.57 bits per heavy atom. The largest absolute Gasteiger partial charge is 0.494 e. The minimum Gasteiger partial charge on any atom is -0.494 e. The maximum atomic E-state index is 12.9. The Balaban J connectivity index is 0.00000280. The molecule has 0 unspecified atom stereocenters. The third-order valence-electron chi connectivity index (χ3n) is 4.65. The van der Waals surface area contributed by atoms with Crippen molar-refractivity contribution < 1.29 is 14.3 Å². The Kier molecular flexibility index (Phi) is 7.83. The molecule has 0 spiro atoms. The highest BCUT2D eigenvalue weighted by Crippen LogP contribution is 2.27. The van der Waals surface area contributed by atoms with Gasteiger partial charge in [0.15, 0.2) is 0 Å². The van der Waals surface area contributed by atoms with Gasteiger partial charge in [-0.3, -0.25) is 14.3 Å². The van der Waals surface area contributed by atoms with Crippen LogP contribution in [0.25, 0.3) is 0 Å². The summed E-state index contributed by atoms with van der Waals surface area (Å²) in [5.41, 5.74) is -0.102. The van der Waals surface area contributed by atoms with E-state index in [4.69, 9.17) is 4.74 Å². The van der Waals surface area contributed by atoms with Crippen LogP contribution in [0.4, 0.5) is 5.69 Å². The molecule has 28 heavy (non-hydrogen) atoms. The molecule has 9 heteroatoms. The average Bonchev–Trinajstić information content (AvgIpc) is 3.24. The maximum absolute atomic E-state index is 12.9. The van der Waals surface area contributed by atoms with Crippen LogP contribution in [0.2, 0.25) is 0 Å². The zero-order valence-corrected chi connectivity index (χ0v) is 16.6. The van der Waals surface area contributed by atoms with Crippen molar-refractivity contribution in [1.82, 2.24) is 20.4 Å². The number of nitrogens with zero attached hydrogens (tertiary/aromatic N) is 2. The number of hydrogen-bond donors (Lipinski definition) is 3. The Morgan fingerprint density at radius 1 is 1.25 bits per heavy atom. The van der Waals surface area contributed by atoms with Gasteiger partial charge in [-0.25, -0.2) is 0 Å². The van der Waals surface area contributed by atoms with Crippen LogP contribution < -0.4 is 20.7 Å². The minimum absolute atomic E-state index is 0. The van der Waals surface area contributed by atoms with Crippen LogP contribution in [0.1, 0.15) is 19.8 Å². The highest BCUT2D eigenvalue weighted by molar-refractivity contribution is 5.95. The number of benzene rings is 1. The van der Waals surface area contributed by atoms with Gasteiger partial charge in [0.1, 0.15) is 11.3 Å². The molecule has 0 bridgehead atoms. The lowest BCUT2D eigenvalue weighted by molar-refractivity contribution is -0.133. The van der Waals surface area contributed by atoms with Gasteiger partial charge in [-0.15, -0.1) is 12.4 Å². The predicted molar refractivity (Wildman–Crippen MR) is 109 cm³/mol. The monoisotopic (exact) mass is 407 g/mol. The first-order chi connectivity index (χ1) is 13.1. The summed E-state index contributed by atoms with van der Waals surface area (Å²) in [5.74, 6) is 0.280. The molecule has 0 aliphatic carbocycles. The van der Waals surface area contributed by atoms with Crippen LogP contribution in [0.3, 0.4) is 0 Å². The number of amides is 2. The van der Waals surface area contributed by atoms with Gasteiger partial charge in [0, 0.05) is 18.1 Å². The third-order valence-corrected chi connectivity index (χ3v) is 4.65. The van der Waals surface area contributed by atoms with E-state index in [9.17, 15) is 9.59 Å². The number of piperidine rings is 1.